The fraction of sp³-hybridized carbons (Fsp3) is 0.500. The van der Waals surface area contributed by atoms with Gasteiger partial charge in [-0.05, 0) is 25.5 Å². The average molecular weight is 237 g/mol. The molecule has 1 amide bonds. The number of aliphatic hydroxyl groups excluding tert-OH is 1. The number of aliphatic hydroxyl groups is 1. The van der Waals surface area contributed by atoms with E-state index in [2.05, 4.69) is 10.3 Å². The number of nitrogens with one attached hydrogen (secondary N) is 1. The van der Waals surface area contributed by atoms with Gasteiger partial charge in [0.25, 0.3) is 5.91 Å². The van der Waals surface area contributed by atoms with Crippen LogP contribution < -0.4 is 5.32 Å². The van der Waals surface area contributed by atoms with Gasteiger partial charge in [-0.2, -0.15) is 0 Å². The van der Waals surface area contributed by atoms with E-state index >= 15 is 0 Å². The van der Waals surface area contributed by atoms with Crippen LogP contribution in [-0.4, -0.2) is 47.6 Å². The number of anilines is 1. The molecule has 0 aliphatic rings. The highest BCUT2D eigenvalue weighted by Gasteiger charge is 2.15. The first-order chi connectivity index (χ1) is 8.22. The first-order valence-electron chi connectivity index (χ1n) is 5.77. The molecule has 0 aromatic carbocycles. The zero-order valence-electron chi connectivity index (χ0n) is 10.3. The minimum atomic E-state index is -0.0990. The molecule has 0 aliphatic carbocycles. The second-order valence-electron chi connectivity index (χ2n) is 3.62. The maximum absolute atomic E-state index is 12.1. The Balaban J connectivity index is 2.78. The van der Waals surface area contributed by atoms with Crippen LogP contribution in [0.4, 0.5) is 5.82 Å². The molecule has 1 aromatic rings. The number of carbonyl (C=O) groups is 1. The van der Waals surface area contributed by atoms with Gasteiger partial charge in [-0.15, -0.1) is 0 Å². The molecule has 5 heteroatoms. The van der Waals surface area contributed by atoms with E-state index in [1.165, 1.54) is 0 Å². The normalized spacial score (nSPS) is 10.1. The summed E-state index contributed by atoms with van der Waals surface area (Å²) in [5.74, 6) is 0.576. The summed E-state index contributed by atoms with van der Waals surface area (Å²) in [4.78, 5) is 18.0. The molecule has 1 rings (SSSR count). The van der Waals surface area contributed by atoms with Crippen molar-refractivity contribution in [2.75, 3.05) is 32.1 Å². The number of rotatable bonds is 6. The van der Waals surface area contributed by atoms with Gasteiger partial charge in [0.1, 0.15) is 11.5 Å². The summed E-state index contributed by atoms with van der Waals surface area (Å²) in [6.07, 6.45) is 0.589. The Morgan fingerprint density at radius 2 is 2.29 bits per heavy atom. The third-order valence-corrected chi connectivity index (χ3v) is 2.48. The zero-order chi connectivity index (χ0) is 12.7. The van der Waals surface area contributed by atoms with Gasteiger partial charge in [-0.3, -0.25) is 4.79 Å². The smallest absolute Gasteiger partial charge is 0.272 e. The maximum atomic E-state index is 12.1. The molecule has 0 fully saturated rings. The first kappa shape index (κ1) is 13.4. The molecule has 94 valence electrons. The van der Waals surface area contributed by atoms with Crippen molar-refractivity contribution in [3.63, 3.8) is 0 Å². The molecule has 0 spiro atoms. The third-order valence-electron chi connectivity index (χ3n) is 2.48. The molecule has 1 heterocycles. The van der Waals surface area contributed by atoms with E-state index in [4.69, 9.17) is 5.11 Å². The standard InChI is InChI=1S/C12H19N3O2/c1-3-15(8-5-9-16)12(17)10-6-4-7-11(13-2)14-10/h4,6-7,16H,3,5,8-9H2,1-2H3,(H,13,14). The lowest BCUT2D eigenvalue weighted by atomic mass is 10.3. The minimum Gasteiger partial charge on any atom is -0.396 e. The van der Waals surface area contributed by atoms with Crippen LogP contribution >= 0.6 is 0 Å². The van der Waals surface area contributed by atoms with Crippen LogP contribution in [-0.2, 0) is 0 Å². The quantitative estimate of drug-likeness (QED) is 0.773. The van der Waals surface area contributed by atoms with Crippen molar-refractivity contribution in [3.05, 3.63) is 23.9 Å². The van der Waals surface area contributed by atoms with Crippen molar-refractivity contribution in [2.45, 2.75) is 13.3 Å². The van der Waals surface area contributed by atoms with Crippen LogP contribution in [0.2, 0.25) is 0 Å². The van der Waals surface area contributed by atoms with Gasteiger partial charge in [0.05, 0.1) is 0 Å². The van der Waals surface area contributed by atoms with Gasteiger partial charge in [-0.25, -0.2) is 4.98 Å². The molecule has 0 bridgehead atoms. The summed E-state index contributed by atoms with van der Waals surface area (Å²) in [7, 11) is 1.76. The van der Waals surface area contributed by atoms with E-state index in [0.29, 0.717) is 31.0 Å². The fourth-order valence-electron chi connectivity index (χ4n) is 1.52. The lowest BCUT2D eigenvalue weighted by molar-refractivity contribution is 0.0748. The van der Waals surface area contributed by atoms with E-state index in [9.17, 15) is 4.79 Å². The van der Waals surface area contributed by atoms with Gasteiger partial charge in [0.2, 0.25) is 0 Å². The van der Waals surface area contributed by atoms with Crippen LogP contribution in [0.5, 0.6) is 0 Å². The van der Waals surface area contributed by atoms with Crippen LogP contribution in [0, 0.1) is 0 Å². The number of pyridine rings is 1. The minimum absolute atomic E-state index is 0.0910. The van der Waals surface area contributed by atoms with E-state index < -0.39 is 0 Å². The number of amides is 1. The maximum Gasteiger partial charge on any atom is 0.272 e. The van der Waals surface area contributed by atoms with Gasteiger partial charge in [0.15, 0.2) is 0 Å². The van der Waals surface area contributed by atoms with Crippen molar-refractivity contribution in [3.8, 4) is 0 Å². The molecule has 5 nitrogen and oxygen atoms in total. The Morgan fingerprint density at radius 1 is 1.53 bits per heavy atom. The average Bonchev–Trinajstić information content (AvgIpc) is 2.39. The van der Waals surface area contributed by atoms with Crippen LogP contribution in [0.1, 0.15) is 23.8 Å². The number of aromatic nitrogens is 1. The summed E-state index contributed by atoms with van der Waals surface area (Å²) < 4.78 is 0. The Kier molecular flexibility index (Phi) is 5.42. The van der Waals surface area contributed by atoms with E-state index in [0.717, 1.165) is 0 Å². The number of nitrogens with zero attached hydrogens (tertiary/aromatic N) is 2. The molecular formula is C12H19N3O2. The number of hydrogen-bond acceptors (Lipinski definition) is 4. The predicted octanol–water partition coefficient (Wildman–Crippen LogP) is 0.968. The van der Waals surface area contributed by atoms with Crippen molar-refractivity contribution in [1.29, 1.82) is 0 Å². The highest BCUT2D eigenvalue weighted by molar-refractivity contribution is 5.92. The van der Waals surface area contributed by atoms with Crippen LogP contribution in [0.25, 0.3) is 0 Å². The molecule has 0 unspecified atom stereocenters. The molecule has 0 atom stereocenters. The Bertz CT molecular complexity index is 369. The third kappa shape index (κ3) is 3.71. The topological polar surface area (TPSA) is 65.5 Å². The Labute approximate surface area is 101 Å². The summed E-state index contributed by atoms with van der Waals surface area (Å²) in [5.41, 5.74) is 0.427. The molecule has 2 N–H and O–H groups in total. The fourth-order valence-corrected chi connectivity index (χ4v) is 1.52. The summed E-state index contributed by atoms with van der Waals surface area (Å²) in [6.45, 7) is 3.17. The van der Waals surface area contributed by atoms with Gasteiger partial charge >= 0.3 is 0 Å². The molecule has 0 saturated carbocycles. The van der Waals surface area contributed by atoms with E-state index in [1.807, 2.05) is 6.92 Å². The lowest BCUT2D eigenvalue weighted by Crippen LogP contribution is -2.32. The predicted molar refractivity (Wildman–Crippen MR) is 67.1 cm³/mol. The van der Waals surface area contributed by atoms with Gasteiger partial charge in [0, 0.05) is 26.7 Å². The van der Waals surface area contributed by atoms with Crippen molar-refractivity contribution in [1.82, 2.24) is 9.88 Å². The van der Waals surface area contributed by atoms with Crippen molar-refractivity contribution >= 4 is 11.7 Å². The number of carbonyl (C=O) groups excluding carboxylic acids is 1. The van der Waals surface area contributed by atoms with E-state index in [1.54, 1.807) is 30.1 Å². The molecule has 0 saturated heterocycles. The Morgan fingerprint density at radius 3 is 2.88 bits per heavy atom. The molecular weight excluding hydrogens is 218 g/mol. The summed E-state index contributed by atoms with van der Waals surface area (Å²) in [6, 6.07) is 5.30. The second kappa shape index (κ2) is 6.85. The van der Waals surface area contributed by atoms with Crippen LogP contribution in [0.15, 0.2) is 18.2 Å². The monoisotopic (exact) mass is 237 g/mol. The van der Waals surface area contributed by atoms with Gasteiger partial charge in [-0.1, -0.05) is 6.07 Å². The van der Waals surface area contributed by atoms with Crippen molar-refractivity contribution < 1.29 is 9.90 Å². The SMILES string of the molecule is CCN(CCCO)C(=O)c1cccc(NC)n1. The highest BCUT2D eigenvalue weighted by atomic mass is 16.3. The summed E-state index contributed by atoms with van der Waals surface area (Å²) in [5, 5.41) is 11.7. The largest absolute Gasteiger partial charge is 0.396 e. The first-order valence-corrected chi connectivity index (χ1v) is 5.77. The molecule has 0 radical (unpaired) electrons. The number of hydrogen-bond donors (Lipinski definition) is 2. The summed E-state index contributed by atoms with van der Waals surface area (Å²) >= 11 is 0. The highest BCUT2D eigenvalue weighted by Crippen LogP contribution is 2.07. The second-order valence-corrected chi connectivity index (χ2v) is 3.62. The molecule has 1 aromatic heterocycles. The molecule has 17 heavy (non-hydrogen) atoms. The van der Waals surface area contributed by atoms with Gasteiger partial charge < -0.3 is 15.3 Å². The van der Waals surface area contributed by atoms with Crippen LogP contribution in [0.3, 0.4) is 0 Å². The molecule has 0 aliphatic heterocycles. The lowest BCUT2D eigenvalue weighted by Gasteiger charge is -2.20. The zero-order valence-corrected chi connectivity index (χ0v) is 10.3. The van der Waals surface area contributed by atoms with Crippen molar-refractivity contribution in [2.24, 2.45) is 0 Å². The Hall–Kier alpha value is -1.62. The van der Waals surface area contributed by atoms with E-state index in [-0.39, 0.29) is 12.5 Å².